The first-order chi connectivity index (χ1) is 2.77. The van der Waals surface area contributed by atoms with E-state index in [4.69, 9.17) is 0 Å². The number of rotatable bonds is 2. The third-order valence-electron chi connectivity index (χ3n) is 0.866. The average molecular weight is 100 g/mol. The highest BCUT2D eigenvalue weighted by Gasteiger charge is 1.95. The van der Waals surface area contributed by atoms with Gasteiger partial charge in [0, 0.05) is 0 Å². The molecule has 0 radical (unpaired) electrons. The zero-order valence-electron chi connectivity index (χ0n) is 4.99. The maximum Gasteiger partial charge on any atom is 0.255 e. The van der Waals surface area contributed by atoms with Gasteiger partial charge in [-0.2, -0.15) is 0 Å². The summed E-state index contributed by atoms with van der Waals surface area (Å²) in [6, 6.07) is 0. The van der Waals surface area contributed by atoms with E-state index in [1.807, 2.05) is 0 Å². The summed E-state index contributed by atoms with van der Waals surface area (Å²) in [5.74, 6) is 4.78. The molecule has 0 amide bonds. The molecule has 0 aromatic carbocycles. The summed E-state index contributed by atoms with van der Waals surface area (Å²) < 4.78 is 0. The van der Waals surface area contributed by atoms with E-state index < -0.39 is 0 Å². The van der Waals surface area contributed by atoms with Gasteiger partial charge in [0.25, 0.3) is 14.1 Å². The van der Waals surface area contributed by atoms with Gasteiger partial charge in [0.1, 0.15) is 0 Å². The highest BCUT2D eigenvalue weighted by atomic mass is 27.2. The molecule has 0 aromatic heterocycles. The lowest BCUT2D eigenvalue weighted by atomic mass is 10.6. The summed E-state index contributed by atoms with van der Waals surface area (Å²) >= 11 is -0.171. The molecular weight excluding hydrogens is 87.0 g/mol. The predicted molar refractivity (Wildman–Crippen MR) is 32.6 cm³/mol. The topological polar surface area (TPSA) is 0 Å². The molecule has 0 fully saturated rings. The molecule has 0 heterocycles. The Morgan fingerprint density at radius 3 is 1.83 bits per heavy atom. The normalized spacial score (nSPS) is 8.50. The molecule has 0 unspecified atom stereocenters. The molecule has 0 N–H and O–H groups in total. The highest BCUT2D eigenvalue weighted by Crippen LogP contribution is 1.92. The second kappa shape index (κ2) is 3.71. The van der Waals surface area contributed by atoms with Crippen LogP contribution in [0, 0.1) is 0 Å². The van der Waals surface area contributed by atoms with E-state index in [9.17, 15) is 0 Å². The standard InChI is InChI=1S/C3H7.2CH3.Al/c1-3-2;;;/h1,3H2,2H3;2*1H3;. The van der Waals surface area contributed by atoms with E-state index in [0.29, 0.717) is 0 Å². The minimum atomic E-state index is -0.171. The van der Waals surface area contributed by atoms with Crippen molar-refractivity contribution in [3.63, 3.8) is 0 Å². The Balaban J connectivity index is 2.63. The molecule has 0 aromatic rings. The van der Waals surface area contributed by atoms with Crippen LogP contribution in [0.5, 0.6) is 0 Å². The van der Waals surface area contributed by atoms with Crippen LogP contribution in [-0.4, -0.2) is 14.1 Å². The van der Waals surface area contributed by atoms with E-state index in [2.05, 4.69) is 18.5 Å². The summed E-state index contributed by atoms with van der Waals surface area (Å²) in [6.45, 7) is 2.26. The molecule has 0 atom stereocenters. The number of hydrogen-bond donors (Lipinski definition) is 0. The largest absolute Gasteiger partial charge is 0.255 e. The van der Waals surface area contributed by atoms with Gasteiger partial charge in [-0.1, -0.05) is 18.6 Å². The molecule has 0 nitrogen and oxygen atoms in total. The van der Waals surface area contributed by atoms with Crippen molar-refractivity contribution in [1.29, 1.82) is 0 Å². The molecule has 0 spiro atoms. The Hall–Kier alpha value is 0.532. The van der Waals surface area contributed by atoms with Gasteiger partial charge in [0.05, 0.1) is 0 Å². The van der Waals surface area contributed by atoms with Crippen molar-refractivity contribution in [2.45, 2.75) is 30.2 Å². The lowest BCUT2D eigenvalue weighted by Crippen LogP contribution is -1.95. The molecule has 1 heteroatoms. The number of hydrogen-bond acceptors (Lipinski definition) is 0. The third-order valence-corrected chi connectivity index (χ3v) is 2.60. The smallest absolute Gasteiger partial charge is 0.106 e. The quantitative estimate of drug-likeness (QED) is 0.466. The maximum atomic E-state index is 2.39. The van der Waals surface area contributed by atoms with Crippen LogP contribution in [0.4, 0.5) is 0 Å². The fourth-order valence-electron chi connectivity index (χ4n) is 0.577. The summed E-state index contributed by atoms with van der Waals surface area (Å²) in [6.07, 6.45) is 1.39. The summed E-state index contributed by atoms with van der Waals surface area (Å²) in [4.78, 5) is 0. The molecule has 36 valence electrons. The first-order valence-corrected chi connectivity index (χ1v) is 5.90. The summed E-state index contributed by atoms with van der Waals surface area (Å²) in [5.41, 5.74) is 0. The Labute approximate surface area is 44.9 Å². The van der Waals surface area contributed by atoms with Gasteiger partial charge in [-0.15, -0.1) is 11.6 Å². The van der Waals surface area contributed by atoms with Gasteiger partial charge in [-0.05, 0) is 0 Å². The summed E-state index contributed by atoms with van der Waals surface area (Å²) in [7, 11) is 0. The van der Waals surface area contributed by atoms with Gasteiger partial charge in [-0.25, -0.2) is 0 Å². The molecule has 0 aliphatic rings. The summed E-state index contributed by atoms with van der Waals surface area (Å²) in [5, 5.41) is 1.51. The van der Waals surface area contributed by atoms with Crippen LogP contribution in [-0.2, 0) is 0 Å². The van der Waals surface area contributed by atoms with Gasteiger partial charge >= 0.3 is 0 Å². The van der Waals surface area contributed by atoms with Crippen LogP contribution >= 0.6 is 0 Å². The fourth-order valence-corrected chi connectivity index (χ4v) is 1.73. The molecule has 0 rings (SSSR count). The lowest BCUT2D eigenvalue weighted by molar-refractivity contribution is 1.06. The Bertz CT molecular complexity index is 25.1. The van der Waals surface area contributed by atoms with Gasteiger partial charge < -0.3 is 0 Å². The van der Waals surface area contributed by atoms with Crippen LogP contribution < -0.4 is 0 Å². The second-order valence-electron chi connectivity index (χ2n) is 2.18. The maximum absolute atomic E-state index is 2.39. The lowest BCUT2D eigenvalue weighted by Gasteiger charge is -1.88. The Morgan fingerprint density at radius 1 is 1.33 bits per heavy atom. The van der Waals surface area contributed by atoms with Crippen LogP contribution in [0.1, 0.15) is 13.3 Å². The van der Waals surface area contributed by atoms with Crippen LogP contribution in [0.2, 0.25) is 16.9 Å². The molecular formula is C5H13Al. The minimum Gasteiger partial charge on any atom is -0.106 e. The van der Waals surface area contributed by atoms with Gasteiger partial charge in [0.15, 0.2) is 0 Å². The first-order valence-electron chi connectivity index (χ1n) is 2.77. The zero-order valence-corrected chi connectivity index (χ0v) is 6.15. The fraction of sp³-hybridized carbons (Fsp3) is 1.00. The van der Waals surface area contributed by atoms with Gasteiger partial charge in [0.2, 0.25) is 0 Å². The van der Waals surface area contributed by atoms with E-state index in [1.165, 1.54) is 11.7 Å². The molecule has 0 saturated carbocycles. The van der Waals surface area contributed by atoms with Crippen LogP contribution in [0.25, 0.3) is 0 Å². The monoisotopic (exact) mass is 100 g/mol. The molecule has 0 aliphatic heterocycles. The van der Waals surface area contributed by atoms with Crippen molar-refractivity contribution < 1.29 is 0 Å². The Kier molecular flexibility index (Phi) is 4.04. The van der Waals surface area contributed by atoms with Gasteiger partial charge in [-0.3, -0.25) is 0 Å². The van der Waals surface area contributed by atoms with Crippen molar-refractivity contribution in [2.75, 3.05) is 0 Å². The molecule has 6 heavy (non-hydrogen) atoms. The van der Waals surface area contributed by atoms with Crippen molar-refractivity contribution >= 4 is 14.1 Å². The molecule has 0 saturated heterocycles. The first kappa shape index (κ1) is 6.53. The Morgan fingerprint density at radius 2 is 1.83 bits per heavy atom. The van der Waals surface area contributed by atoms with E-state index in [-0.39, 0.29) is 14.1 Å². The van der Waals surface area contributed by atoms with Crippen LogP contribution in [0.15, 0.2) is 0 Å². The van der Waals surface area contributed by atoms with Crippen LogP contribution in [0.3, 0.4) is 0 Å². The van der Waals surface area contributed by atoms with Crippen molar-refractivity contribution in [3.05, 3.63) is 0 Å². The molecule has 0 bridgehead atoms. The second-order valence-corrected chi connectivity index (χ2v) is 5.55. The highest BCUT2D eigenvalue weighted by molar-refractivity contribution is 6.55. The molecule has 0 aliphatic carbocycles. The average Bonchev–Trinajstić information content (AvgIpc) is 1.35. The predicted octanol–water partition coefficient (Wildman–Crippen LogP) is 2.15. The van der Waals surface area contributed by atoms with E-state index in [1.54, 1.807) is 0 Å². The van der Waals surface area contributed by atoms with Crippen molar-refractivity contribution in [1.82, 2.24) is 0 Å². The minimum absolute atomic E-state index is 0.171. The third kappa shape index (κ3) is 4.53. The van der Waals surface area contributed by atoms with Crippen molar-refractivity contribution in [2.24, 2.45) is 0 Å². The zero-order chi connectivity index (χ0) is 4.99. The SMILES string of the molecule is CC[CH2][Al]([CH3])[CH3]. The van der Waals surface area contributed by atoms with E-state index >= 15 is 0 Å². The van der Waals surface area contributed by atoms with Crippen molar-refractivity contribution in [3.8, 4) is 0 Å². The van der Waals surface area contributed by atoms with E-state index in [0.717, 1.165) is 0 Å².